The van der Waals surface area contributed by atoms with Gasteiger partial charge in [0.1, 0.15) is 0 Å². The van der Waals surface area contributed by atoms with Crippen LogP contribution in [-0.2, 0) is 16.7 Å². The molecule has 26 heavy (non-hydrogen) atoms. The largest absolute Gasteiger partial charge is 0.379 e. The number of morpholine rings is 1. The number of aromatic amines is 1. The van der Waals surface area contributed by atoms with Crippen molar-refractivity contribution in [1.29, 1.82) is 0 Å². The van der Waals surface area contributed by atoms with Gasteiger partial charge in [-0.2, -0.15) is 5.10 Å². The highest BCUT2D eigenvalue weighted by atomic mass is 35.5. The molecule has 1 fully saturated rings. The Morgan fingerprint density at radius 2 is 1.92 bits per heavy atom. The maximum atomic E-state index is 6.07. The van der Waals surface area contributed by atoms with E-state index in [9.17, 15) is 0 Å². The summed E-state index contributed by atoms with van der Waals surface area (Å²) in [5.74, 6) is 0. The van der Waals surface area contributed by atoms with Gasteiger partial charge in [-0.25, -0.2) is 0 Å². The highest BCUT2D eigenvalue weighted by Gasteiger charge is 2.23. The molecule has 0 saturated carbocycles. The second-order valence-electron chi connectivity index (χ2n) is 7.87. The Hall–Kier alpha value is -1.40. The fourth-order valence-corrected chi connectivity index (χ4v) is 3.60. The Morgan fingerprint density at radius 1 is 1.23 bits per heavy atom. The fraction of sp³-hybridized carbons (Fsp3) is 0.550. The zero-order valence-corrected chi connectivity index (χ0v) is 16.6. The van der Waals surface area contributed by atoms with Crippen LogP contribution < -0.4 is 5.32 Å². The van der Waals surface area contributed by atoms with Crippen LogP contribution in [0.15, 0.2) is 30.5 Å². The normalized spacial score (nSPS) is 17.4. The van der Waals surface area contributed by atoms with Crippen molar-refractivity contribution in [3.05, 3.63) is 52.3 Å². The van der Waals surface area contributed by atoms with E-state index in [-0.39, 0.29) is 5.41 Å². The quantitative estimate of drug-likeness (QED) is 0.809. The zero-order chi connectivity index (χ0) is 18.6. The molecule has 1 saturated heterocycles. The summed E-state index contributed by atoms with van der Waals surface area (Å²) < 4.78 is 5.53. The van der Waals surface area contributed by atoms with Crippen LogP contribution in [0.5, 0.6) is 0 Å². The van der Waals surface area contributed by atoms with Crippen LogP contribution in [0.4, 0.5) is 0 Å². The first-order valence-electron chi connectivity index (χ1n) is 9.26. The maximum absolute atomic E-state index is 6.07. The molecular weight excluding hydrogens is 348 g/mol. The van der Waals surface area contributed by atoms with Crippen LogP contribution >= 0.6 is 11.6 Å². The number of H-pyrrole nitrogens is 1. The summed E-state index contributed by atoms with van der Waals surface area (Å²) in [7, 11) is 0. The van der Waals surface area contributed by atoms with Gasteiger partial charge in [0, 0.05) is 53.9 Å². The van der Waals surface area contributed by atoms with E-state index in [4.69, 9.17) is 16.3 Å². The molecule has 1 unspecified atom stereocenters. The third kappa shape index (κ3) is 4.86. The molecule has 1 aliphatic rings. The number of rotatable bonds is 6. The molecule has 6 heteroatoms. The Kier molecular flexibility index (Phi) is 6.35. The number of hydrogen-bond donors (Lipinski definition) is 2. The predicted octanol–water partition coefficient (Wildman–Crippen LogP) is 3.52. The molecule has 1 aromatic carbocycles. The summed E-state index contributed by atoms with van der Waals surface area (Å²) in [4.78, 5) is 2.49. The van der Waals surface area contributed by atoms with Gasteiger partial charge in [-0.1, -0.05) is 44.5 Å². The fourth-order valence-electron chi connectivity index (χ4n) is 3.47. The molecule has 0 radical (unpaired) electrons. The third-order valence-corrected chi connectivity index (χ3v) is 5.11. The second kappa shape index (κ2) is 8.53. The molecule has 3 rings (SSSR count). The van der Waals surface area contributed by atoms with Crippen LogP contribution in [0.25, 0.3) is 0 Å². The minimum Gasteiger partial charge on any atom is -0.379 e. The molecule has 0 bridgehead atoms. The van der Waals surface area contributed by atoms with Crippen molar-refractivity contribution in [1.82, 2.24) is 20.4 Å². The summed E-state index contributed by atoms with van der Waals surface area (Å²) in [5.41, 5.74) is 3.77. The Labute approximate surface area is 161 Å². The average Bonchev–Trinajstić information content (AvgIpc) is 3.10. The van der Waals surface area contributed by atoms with Gasteiger partial charge in [-0.05, 0) is 17.7 Å². The zero-order valence-electron chi connectivity index (χ0n) is 15.9. The summed E-state index contributed by atoms with van der Waals surface area (Å²) in [5, 5.41) is 11.8. The highest BCUT2D eigenvalue weighted by molar-refractivity contribution is 6.30. The summed E-state index contributed by atoms with van der Waals surface area (Å²) in [6, 6.07) is 8.50. The van der Waals surface area contributed by atoms with Crippen molar-refractivity contribution < 1.29 is 4.74 Å². The van der Waals surface area contributed by atoms with E-state index in [2.05, 4.69) is 53.3 Å². The molecule has 2 aromatic rings. The van der Waals surface area contributed by atoms with Gasteiger partial charge in [-0.15, -0.1) is 0 Å². The number of nitrogens with zero attached hydrogens (tertiary/aromatic N) is 2. The van der Waals surface area contributed by atoms with Gasteiger partial charge in [0.25, 0.3) is 0 Å². The average molecular weight is 377 g/mol. The Bertz CT molecular complexity index is 687. The van der Waals surface area contributed by atoms with E-state index in [1.54, 1.807) is 0 Å². The molecule has 5 nitrogen and oxygen atoms in total. The number of hydrogen-bond acceptors (Lipinski definition) is 4. The smallest absolute Gasteiger partial charge is 0.0594 e. The van der Waals surface area contributed by atoms with Gasteiger partial charge in [0.2, 0.25) is 0 Å². The van der Waals surface area contributed by atoms with Crippen LogP contribution in [0.2, 0.25) is 5.02 Å². The SMILES string of the molecule is CC(C)(C)c1[nH]ncc1CNCC(c1ccc(Cl)cc1)N1CCOCC1. The summed E-state index contributed by atoms with van der Waals surface area (Å²) >= 11 is 6.07. The van der Waals surface area contributed by atoms with Crippen LogP contribution in [0.1, 0.15) is 43.6 Å². The Balaban J connectivity index is 1.68. The van der Waals surface area contributed by atoms with Gasteiger partial charge in [0.05, 0.1) is 19.4 Å². The minimum atomic E-state index is 0.0628. The number of benzene rings is 1. The van der Waals surface area contributed by atoms with E-state index in [0.29, 0.717) is 6.04 Å². The first-order valence-corrected chi connectivity index (χ1v) is 9.63. The maximum Gasteiger partial charge on any atom is 0.0594 e. The number of nitrogens with one attached hydrogen (secondary N) is 2. The van der Waals surface area contributed by atoms with Crippen molar-refractivity contribution in [3.63, 3.8) is 0 Å². The van der Waals surface area contributed by atoms with Crippen LogP contribution in [-0.4, -0.2) is 47.9 Å². The molecule has 2 N–H and O–H groups in total. The lowest BCUT2D eigenvalue weighted by molar-refractivity contribution is 0.0161. The van der Waals surface area contributed by atoms with Gasteiger partial charge < -0.3 is 10.1 Å². The molecule has 0 spiro atoms. The first-order chi connectivity index (χ1) is 12.4. The molecule has 2 heterocycles. The van der Waals surface area contributed by atoms with Gasteiger partial charge >= 0.3 is 0 Å². The molecule has 0 aliphatic carbocycles. The Morgan fingerprint density at radius 3 is 2.58 bits per heavy atom. The predicted molar refractivity (Wildman–Crippen MR) is 106 cm³/mol. The highest BCUT2D eigenvalue weighted by Crippen LogP contribution is 2.25. The van der Waals surface area contributed by atoms with E-state index in [1.165, 1.54) is 16.8 Å². The number of ether oxygens (including phenoxy) is 1. The van der Waals surface area contributed by atoms with E-state index >= 15 is 0 Å². The van der Waals surface area contributed by atoms with Crippen molar-refractivity contribution in [2.75, 3.05) is 32.8 Å². The van der Waals surface area contributed by atoms with E-state index in [1.807, 2.05) is 18.3 Å². The molecule has 1 aliphatic heterocycles. The molecule has 1 aromatic heterocycles. The van der Waals surface area contributed by atoms with Crippen LogP contribution in [0.3, 0.4) is 0 Å². The van der Waals surface area contributed by atoms with Crippen molar-refractivity contribution >= 4 is 11.6 Å². The second-order valence-corrected chi connectivity index (χ2v) is 8.30. The topological polar surface area (TPSA) is 53.2 Å². The van der Waals surface area contributed by atoms with Gasteiger partial charge in [-0.3, -0.25) is 10.00 Å². The van der Waals surface area contributed by atoms with Crippen LogP contribution in [0, 0.1) is 0 Å². The summed E-state index contributed by atoms with van der Waals surface area (Å²) in [6.07, 6.45) is 1.93. The third-order valence-electron chi connectivity index (χ3n) is 4.86. The standard InChI is InChI=1S/C20H29ClN4O/c1-20(2,3)19-16(13-23-24-19)12-22-14-18(25-8-10-26-11-9-25)15-4-6-17(21)7-5-15/h4-7,13,18,22H,8-12,14H2,1-3H3,(H,23,24). The van der Waals surface area contributed by atoms with Crippen molar-refractivity contribution in [2.45, 2.75) is 38.8 Å². The minimum absolute atomic E-state index is 0.0628. The van der Waals surface area contributed by atoms with Gasteiger partial charge in [0.15, 0.2) is 0 Å². The van der Waals surface area contributed by atoms with Crippen molar-refractivity contribution in [3.8, 4) is 0 Å². The lowest BCUT2D eigenvalue weighted by Gasteiger charge is -2.35. The monoisotopic (exact) mass is 376 g/mol. The molecule has 142 valence electrons. The van der Waals surface area contributed by atoms with E-state index in [0.717, 1.165) is 44.4 Å². The lowest BCUT2D eigenvalue weighted by atomic mass is 9.89. The number of aromatic nitrogens is 2. The summed E-state index contributed by atoms with van der Waals surface area (Å²) in [6.45, 7) is 11.8. The van der Waals surface area contributed by atoms with E-state index < -0.39 is 0 Å². The molecule has 0 amide bonds. The molecular formula is C20H29ClN4O. The molecule has 1 atom stereocenters. The van der Waals surface area contributed by atoms with Crippen molar-refractivity contribution in [2.24, 2.45) is 0 Å². The first kappa shape index (κ1) is 19.4. The number of halogens is 1. The lowest BCUT2D eigenvalue weighted by Crippen LogP contribution is -2.42.